The zero-order valence-electron chi connectivity index (χ0n) is 6.26. The molecular formula is C7H4F3N3. The summed E-state index contributed by atoms with van der Waals surface area (Å²) in [4.78, 5) is 3.27. The van der Waals surface area contributed by atoms with Crippen molar-refractivity contribution in [2.24, 2.45) is 0 Å². The third kappa shape index (κ3) is 1.54. The average molecular weight is 187 g/mol. The molecule has 1 aromatic rings. The van der Waals surface area contributed by atoms with Gasteiger partial charge in [0.05, 0.1) is 11.8 Å². The molecule has 0 saturated heterocycles. The fourth-order valence-electron chi connectivity index (χ4n) is 0.803. The lowest BCUT2D eigenvalue weighted by Gasteiger charge is -2.04. The quantitative estimate of drug-likeness (QED) is 0.726. The molecule has 0 radical (unpaired) electrons. The maximum atomic E-state index is 13.0. The van der Waals surface area contributed by atoms with Gasteiger partial charge in [-0.05, 0) is 0 Å². The first kappa shape index (κ1) is 9.32. The van der Waals surface area contributed by atoms with Crippen LogP contribution in [0.25, 0.3) is 0 Å². The van der Waals surface area contributed by atoms with E-state index in [4.69, 9.17) is 11.0 Å². The molecule has 1 aromatic heterocycles. The second-order valence-corrected chi connectivity index (χ2v) is 2.20. The summed E-state index contributed by atoms with van der Waals surface area (Å²) in [5.41, 5.74) is 3.45. The van der Waals surface area contributed by atoms with E-state index in [9.17, 15) is 13.2 Å². The molecule has 0 aromatic carbocycles. The Balaban J connectivity index is 3.41. The number of hydrogen-bond donors (Lipinski definition) is 1. The minimum atomic E-state index is -3.07. The summed E-state index contributed by atoms with van der Waals surface area (Å²) < 4.78 is 37.2. The maximum Gasteiger partial charge on any atom is 0.270 e. The molecule has 0 spiro atoms. The van der Waals surface area contributed by atoms with E-state index in [1.807, 2.05) is 0 Å². The average Bonchev–Trinajstić information content (AvgIpc) is 2.04. The van der Waals surface area contributed by atoms with Gasteiger partial charge in [-0.15, -0.1) is 0 Å². The van der Waals surface area contributed by atoms with Gasteiger partial charge in [0.15, 0.2) is 5.82 Å². The Labute approximate surface area is 71.6 Å². The topological polar surface area (TPSA) is 62.7 Å². The first-order valence-electron chi connectivity index (χ1n) is 3.20. The highest BCUT2D eigenvalue weighted by atomic mass is 19.3. The van der Waals surface area contributed by atoms with Crippen LogP contribution in [0.4, 0.5) is 19.0 Å². The molecule has 0 amide bonds. The Morgan fingerprint density at radius 2 is 2.15 bits per heavy atom. The third-order valence-electron chi connectivity index (χ3n) is 1.42. The molecule has 0 bridgehead atoms. The van der Waals surface area contributed by atoms with Crippen molar-refractivity contribution in [1.82, 2.24) is 4.98 Å². The van der Waals surface area contributed by atoms with Crippen LogP contribution in [0, 0.1) is 17.1 Å². The molecule has 68 valence electrons. The molecule has 6 heteroatoms. The van der Waals surface area contributed by atoms with Crippen LogP contribution in [0.3, 0.4) is 0 Å². The van der Waals surface area contributed by atoms with Crippen molar-refractivity contribution in [1.29, 1.82) is 5.26 Å². The van der Waals surface area contributed by atoms with Gasteiger partial charge in [-0.25, -0.2) is 18.2 Å². The van der Waals surface area contributed by atoms with Crippen LogP contribution in [0.1, 0.15) is 17.6 Å². The van der Waals surface area contributed by atoms with Gasteiger partial charge >= 0.3 is 0 Å². The van der Waals surface area contributed by atoms with Gasteiger partial charge in [0.1, 0.15) is 17.5 Å². The zero-order valence-corrected chi connectivity index (χ0v) is 6.26. The molecule has 0 fully saturated rings. The van der Waals surface area contributed by atoms with E-state index >= 15 is 0 Å². The standard InChI is InChI=1S/C7H4F3N3/c8-5-3(1-11)2-13-7(12)4(5)6(9)10/h2,6H,(H2,12,13). The number of anilines is 1. The first-order chi connectivity index (χ1) is 6.07. The molecule has 0 saturated carbocycles. The maximum absolute atomic E-state index is 13.0. The number of alkyl halides is 2. The fourth-order valence-corrected chi connectivity index (χ4v) is 0.803. The summed E-state index contributed by atoms with van der Waals surface area (Å²) >= 11 is 0. The predicted octanol–water partition coefficient (Wildman–Crippen LogP) is 1.61. The summed E-state index contributed by atoms with van der Waals surface area (Å²) in [6, 6.07) is 1.39. The predicted molar refractivity (Wildman–Crippen MR) is 38.3 cm³/mol. The Hall–Kier alpha value is -1.77. The second kappa shape index (κ2) is 3.31. The van der Waals surface area contributed by atoms with Crippen molar-refractivity contribution < 1.29 is 13.2 Å². The number of nitrogens with two attached hydrogens (primary N) is 1. The molecule has 3 nitrogen and oxygen atoms in total. The van der Waals surface area contributed by atoms with Crippen molar-refractivity contribution in [3.63, 3.8) is 0 Å². The minimum Gasteiger partial charge on any atom is -0.383 e. The highest BCUT2D eigenvalue weighted by molar-refractivity contribution is 5.46. The number of pyridine rings is 1. The Kier molecular flexibility index (Phi) is 2.37. The molecule has 0 unspecified atom stereocenters. The second-order valence-electron chi connectivity index (χ2n) is 2.20. The van der Waals surface area contributed by atoms with E-state index in [2.05, 4.69) is 4.98 Å². The summed E-state index contributed by atoms with van der Waals surface area (Å²) in [5.74, 6) is -1.89. The highest BCUT2D eigenvalue weighted by Gasteiger charge is 2.20. The molecule has 1 rings (SSSR count). The van der Waals surface area contributed by atoms with Gasteiger partial charge in [0.25, 0.3) is 6.43 Å². The lowest BCUT2D eigenvalue weighted by molar-refractivity contribution is 0.147. The molecule has 2 N–H and O–H groups in total. The number of nitrogens with zero attached hydrogens (tertiary/aromatic N) is 2. The first-order valence-corrected chi connectivity index (χ1v) is 3.20. The number of nitrogen functional groups attached to an aromatic ring is 1. The number of nitriles is 1. The molecule has 13 heavy (non-hydrogen) atoms. The largest absolute Gasteiger partial charge is 0.383 e. The van der Waals surface area contributed by atoms with E-state index in [-0.39, 0.29) is 0 Å². The number of halogens is 3. The van der Waals surface area contributed by atoms with Crippen LogP contribution < -0.4 is 5.73 Å². The summed E-state index contributed by atoms with van der Waals surface area (Å²) in [5, 5.41) is 8.30. The van der Waals surface area contributed by atoms with Crippen LogP contribution in [0.5, 0.6) is 0 Å². The normalized spacial score (nSPS) is 10.1. The van der Waals surface area contributed by atoms with Gasteiger partial charge in [-0.2, -0.15) is 5.26 Å². The number of aromatic nitrogens is 1. The number of hydrogen-bond acceptors (Lipinski definition) is 3. The number of rotatable bonds is 1. The van der Waals surface area contributed by atoms with Crippen molar-refractivity contribution in [2.75, 3.05) is 5.73 Å². The summed E-state index contributed by atoms with van der Waals surface area (Å²) in [6.07, 6.45) is -2.25. The lowest BCUT2D eigenvalue weighted by Crippen LogP contribution is -2.03. The van der Waals surface area contributed by atoms with Crippen LogP contribution >= 0.6 is 0 Å². The van der Waals surface area contributed by atoms with E-state index in [1.165, 1.54) is 6.07 Å². The van der Waals surface area contributed by atoms with Gasteiger partial charge in [-0.3, -0.25) is 0 Å². The fraction of sp³-hybridized carbons (Fsp3) is 0.143. The summed E-state index contributed by atoms with van der Waals surface area (Å²) in [7, 11) is 0. The van der Waals surface area contributed by atoms with Gasteiger partial charge in [-0.1, -0.05) is 0 Å². The van der Waals surface area contributed by atoms with Gasteiger partial charge in [0.2, 0.25) is 0 Å². The van der Waals surface area contributed by atoms with Crippen LogP contribution in [0.2, 0.25) is 0 Å². The molecule has 0 atom stereocenters. The van der Waals surface area contributed by atoms with Crippen molar-refractivity contribution in [3.8, 4) is 6.07 Å². The monoisotopic (exact) mass is 187 g/mol. The molecular weight excluding hydrogens is 183 g/mol. The van der Waals surface area contributed by atoms with Crippen molar-refractivity contribution in [2.45, 2.75) is 6.43 Å². The Bertz CT molecular complexity index is 370. The molecule has 0 aliphatic heterocycles. The molecule has 0 aliphatic rings. The smallest absolute Gasteiger partial charge is 0.270 e. The SMILES string of the molecule is N#Cc1cnc(N)c(C(F)F)c1F. The van der Waals surface area contributed by atoms with E-state index in [0.29, 0.717) is 0 Å². The van der Waals surface area contributed by atoms with E-state index in [0.717, 1.165) is 6.20 Å². The lowest BCUT2D eigenvalue weighted by atomic mass is 10.2. The van der Waals surface area contributed by atoms with Gasteiger partial charge in [0, 0.05) is 0 Å². The van der Waals surface area contributed by atoms with Crippen LogP contribution in [0.15, 0.2) is 6.20 Å². The summed E-state index contributed by atoms with van der Waals surface area (Å²) in [6.45, 7) is 0. The molecule has 0 aliphatic carbocycles. The molecule has 1 heterocycles. The van der Waals surface area contributed by atoms with Crippen molar-refractivity contribution >= 4 is 5.82 Å². The van der Waals surface area contributed by atoms with Crippen LogP contribution in [-0.4, -0.2) is 4.98 Å². The minimum absolute atomic E-state index is 0.537. The van der Waals surface area contributed by atoms with Crippen molar-refractivity contribution in [3.05, 3.63) is 23.1 Å². The Morgan fingerprint density at radius 3 is 2.62 bits per heavy atom. The van der Waals surface area contributed by atoms with E-state index in [1.54, 1.807) is 0 Å². The van der Waals surface area contributed by atoms with Gasteiger partial charge < -0.3 is 5.73 Å². The highest BCUT2D eigenvalue weighted by Crippen LogP contribution is 2.27. The Morgan fingerprint density at radius 1 is 1.54 bits per heavy atom. The third-order valence-corrected chi connectivity index (χ3v) is 1.42. The zero-order chi connectivity index (χ0) is 10.0. The van der Waals surface area contributed by atoms with Crippen LogP contribution in [-0.2, 0) is 0 Å². The van der Waals surface area contributed by atoms with E-state index < -0.39 is 29.2 Å².